The molecule has 0 aromatic carbocycles. The Kier molecular flexibility index (Phi) is 2.58. The monoisotopic (exact) mass is 231 g/mol. The van der Waals surface area contributed by atoms with Crippen molar-refractivity contribution in [2.45, 2.75) is 19.3 Å². The van der Waals surface area contributed by atoms with Gasteiger partial charge < -0.3 is 10.5 Å². The summed E-state index contributed by atoms with van der Waals surface area (Å²) in [6.07, 6.45) is 3.52. The van der Waals surface area contributed by atoms with Crippen molar-refractivity contribution in [1.82, 2.24) is 20.0 Å². The molecule has 0 fully saturated rings. The van der Waals surface area contributed by atoms with Crippen LogP contribution in [0.5, 0.6) is 0 Å². The summed E-state index contributed by atoms with van der Waals surface area (Å²) < 4.78 is 7.50. The summed E-state index contributed by atoms with van der Waals surface area (Å²) in [5, 5.41) is 8.34. The summed E-state index contributed by atoms with van der Waals surface area (Å²) in [4.78, 5) is 3.99. The average molecular weight is 231 g/mol. The van der Waals surface area contributed by atoms with E-state index >= 15 is 0 Å². The lowest BCUT2D eigenvalue weighted by atomic mass is 10.1. The molecule has 0 aliphatic carbocycles. The first-order valence-electron chi connectivity index (χ1n) is 5.53. The van der Waals surface area contributed by atoms with Crippen molar-refractivity contribution in [3.63, 3.8) is 0 Å². The van der Waals surface area contributed by atoms with Crippen molar-refractivity contribution in [1.29, 1.82) is 0 Å². The van der Waals surface area contributed by atoms with Gasteiger partial charge in [0.2, 0.25) is 0 Å². The Morgan fingerprint density at radius 2 is 2.24 bits per heavy atom. The van der Waals surface area contributed by atoms with Crippen LogP contribution >= 0.6 is 0 Å². The molecule has 1 aliphatic rings. The minimum absolute atomic E-state index is 0.0366. The van der Waals surface area contributed by atoms with Gasteiger partial charge in [-0.1, -0.05) is 5.21 Å². The second-order valence-corrected chi connectivity index (χ2v) is 3.97. The fourth-order valence-electron chi connectivity index (χ4n) is 1.94. The van der Waals surface area contributed by atoms with Crippen molar-refractivity contribution in [2.75, 3.05) is 6.54 Å². The molecule has 0 radical (unpaired) electrons. The van der Waals surface area contributed by atoms with Crippen LogP contribution in [0.2, 0.25) is 0 Å². The molecule has 2 N–H and O–H groups in total. The van der Waals surface area contributed by atoms with E-state index in [2.05, 4.69) is 15.3 Å². The standard InChI is InChI=1S/C11H13N5O/c12-5-9-6-16-10(7-17-9)11(14-15-16)8-1-3-13-4-2-8/h1-4,9H,5-7,12H2. The zero-order valence-electron chi connectivity index (χ0n) is 9.28. The van der Waals surface area contributed by atoms with E-state index < -0.39 is 0 Å². The lowest BCUT2D eigenvalue weighted by Gasteiger charge is -2.22. The molecule has 6 heteroatoms. The van der Waals surface area contributed by atoms with Crippen LogP contribution in [0.25, 0.3) is 11.3 Å². The predicted octanol–water partition coefficient (Wildman–Crippen LogP) is 0.198. The van der Waals surface area contributed by atoms with Crippen LogP contribution in [-0.4, -0.2) is 32.6 Å². The van der Waals surface area contributed by atoms with Crippen LogP contribution in [0, 0.1) is 0 Å². The van der Waals surface area contributed by atoms with Gasteiger partial charge in [-0.25, -0.2) is 4.68 Å². The molecular formula is C11H13N5O. The first-order chi connectivity index (χ1) is 8.38. The van der Waals surface area contributed by atoms with Crippen LogP contribution in [0.4, 0.5) is 0 Å². The molecule has 0 amide bonds. The van der Waals surface area contributed by atoms with Gasteiger partial charge in [-0.15, -0.1) is 5.10 Å². The van der Waals surface area contributed by atoms with Gasteiger partial charge in [-0.2, -0.15) is 0 Å². The van der Waals surface area contributed by atoms with Gasteiger partial charge in [0.25, 0.3) is 0 Å². The van der Waals surface area contributed by atoms with E-state index in [0.29, 0.717) is 19.7 Å². The highest BCUT2D eigenvalue weighted by molar-refractivity contribution is 5.60. The summed E-state index contributed by atoms with van der Waals surface area (Å²) in [6, 6.07) is 3.83. The molecule has 0 bridgehead atoms. The van der Waals surface area contributed by atoms with E-state index in [9.17, 15) is 0 Å². The number of pyridine rings is 1. The van der Waals surface area contributed by atoms with Gasteiger partial charge >= 0.3 is 0 Å². The Morgan fingerprint density at radius 1 is 1.41 bits per heavy atom. The Morgan fingerprint density at radius 3 is 3.00 bits per heavy atom. The lowest BCUT2D eigenvalue weighted by Crippen LogP contribution is -2.33. The second kappa shape index (κ2) is 4.23. The van der Waals surface area contributed by atoms with Gasteiger partial charge in [0, 0.05) is 24.5 Å². The third-order valence-corrected chi connectivity index (χ3v) is 2.89. The summed E-state index contributed by atoms with van der Waals surface area (Å²) in [7, 11) is 0. The van der Waals surface area contributed by atoms with Crippen molar-refractivity contribution in [3.05, 3.63) is 30.2 Å². The Balaban J connectivity index is 1.97. The fraction of sp³-hybridized carbons (Fsp3) is 0.364. The number of fused-ring (bicyclic) bond motifs is 1. The molecule has 1 aliphatic heterocycles. The quantitative estimate of drug-likeness (QED) is 0.798. The number of rotatable bonds is 2. The Hall–Kier alpha value is -1.79. The van der Waals surface area contributed by atoms with Gasteiger partial charge in [0.15, 0.2) is 0 Å². The highest BCUT2D eigenvalue weighted by Crippen LogP contribution is 2.24. The number of nitrogens with zero attached hydrogens (tertiary/aromatic N) is 4. The van der Waals surface area contributed by atoms with Crippen molar-refractivity contribution in [3.8, 4) is 11.3 Å². The van der Waals surface area contributed by atoms with Crippen LogP contribution in [0.3, 0.4) is 0 Å². The predicted molar refractivity (Wildman–Crippen MR) is 60.9 cm³/mol. The van der Waals surface area contributed by atoms with Crippen molar-refractivity contribution in [2.24, 2.45) is 5.73 Å². The third-order valence-electron chi connectivity index (χ3n) is 2.89. The fourth-order valence-corrected chi connectivity index (χ4v) is 1.94. The van der Waals surface area contributed by atoms with Crippen LogP contribution in [0.15, 0.2) is 24.5 Å². The molecule has 3 rings (SSSR count). The van der Waals surface area contributed by atoms with Crippen molar-refractivity contribution >= 4 is 0 Å². The maximum Gasteiger partial charge on any atom is 0.118 e. The molecule has 6 nitrogen and oxygen atoms in total. The molecule has 0 spiro atoms. The highest BCUT2D eigenvalue weighted by atomic mass is 16.5. The zero-order valence-corrected chi connectivity index (χ0v) is 9.28. The van der Waals surface area contributed by atoms with E-state index in [4.69, 9.17) is 10.5 Å². The third kappa shape index (κ3) is 1.81. The van der Waals surface area contributed by atoms with Crippen LogP contribution < -0.4 is 5.73 Å². The van der Waals surface area contributed by atoms with Crippen molar-refractivity contribution < 1.29 is 4.74 Å². The molecule has 1 unspecified atom stereocenters. The average Bonchev–Trinajstić information content (AvgIpc) is 2.82. The number of aromatic nitrogens is 4. The number of nitrogens with two attached hydrogens (primary N) is 1. The molecule has 1 atom stereocenters. The normalized spacial score (nSPS) is 19.0. The summed E-state index contributed by atoms with van der Waals surface area (Å²) in [5.41, 5.74) is 8.46. The molecule has 2 aromatic rings. The number of hydrogen-bond donors (Lipinski definition) is 1. The first kappa shape index (κ1) is 10.4. The number of ether oxygens (including phenoxy) is 1. The molecule has 17 heavy (non-hydrogen) atoms. The number of hydrogen-bond acceptors (Lipinski definition) is 5. The summed E-state index contributed by atoms with van der Waals surface area (Å²) in [6.45, 7) is 1.68. The SMILES string of the molecule is NCC1Cn2nnc(-c3ccncc3)c2CO1. The van der Waals surface area contributed by atoms with E-state index in [1.807, 2.05) is 16.8 Å². The minimum Gasteiger partial charge on any atom is -0.369 e. The molecule has 0 saturated carbocycles. The van der Waals surface area contributed by atoms with Gasteiger partial charge in [-0.05, 0) is 12.1 Å². The van der Waals surface area contributed by atoms with Gasteiger partial charge in [0.1, 0.15) is 5.69 Å². The Bertz CT molecular complexity index is 510. The van der Waals surface area contributed by atoms with Crippen LogP contribution in [0.1, 0.15) is 5.69 Å². The Labute approximate surface area is 98.4 Å². The van der Waals surface area contributed by atoms with E-state index in [0.717, 1.165) is 17.0 Å². The topological polar surface area (TPSA) is 78.9 Å². The molecule has 0 saturated heterocycles. The summed E-state index contributed by atoms with van der Waals surface area (Å²) >= 11 is 0. The maximum atomic E-state index is 5.63. The molecule has 2 aromatic heterocycles. The summed E-state index contributed by atoms with van der Waals surface area (Å²) in [5.74, 6) is 0. The van der Waals surface area contributed by atoms with Gasteiger partial charge in [-0.3, -0.25) is 4.98 Å². The highest BCUT2D eigenvalue weighted by Gasteiger charge is 2.23. The zero-order chi connectivity index (χ0) is 11.7. The first-order valence-corrected chi connectivity index (χ1v) is 5.53. The lowest BCUT2D eigenvalue weighted by molar-refractivity contribution is 0.00639. The molecule has 3 heterocycles. The molecule has 88 valence electrons. The smallest absolute Gasteiger partial charge is 0.118 e. The maximum absolute atomic E-state index is 5.63. The molecular weight excluding hydrogens is 218 g/mol. The largest absolute Gasteiger partial charge is 0.369 e. The second-order valence-electron chi connectivity index (χ2n) is 3.97. The van der Waals surface area contributed by atoms with E-state index in [1.54, 1.807) is 12.4 Å². The van der Waals surface area contributed by atoms with E-state index in [1.165, 1.54) is 0 Å². The minimum atomic E-state index is 0.0366. The van der Waals surface area contributed by atoms with Gasteiger partial charge in [0.05, 0.1) is 24.9 Å². The van der Waals surface area contributed by atoms with E-state index in [-0.39, 0.29) is 6.10 Å². The van der Waals surface area contributed by atoms with Crippen LogP contribution in [-0.2, 0) is 17.9 Å².